The van der Waals surface area contributed by atoms with E-state index in [0.717, 1.165) is 24.8 Å². The van der Waals surface area contributed by atoms with Crippen molar-refractivity contribution in [3.63, 3.8) is 0 Å². The maximum absolute atomic E-state index is 12.9. The van der Waals surface area contributed by atoms with Crippen LogP contribution in [0.1, 0.15) is 31.2 Å². The highest BCUT2D eigenvalue weighted by atomic mass is 35.5. The number of aryl methyl sites for hydroxylation is 1. The highest BCUT2D eigenvalue weighted by Crippen LogP contribution is 2.24. The number of hydrogen-bond acceptors (Lipinski definition) is 5. The minimum atomic E-state index is -3.53. The summed E-state index contributed by atoms with van der Waals surface area (Å²) >= 11 is 6.10. The molecule has 0 bridgehead atoms. The van der Waals surface area contributed by atoms with Gasteiger partial charge in [-0.25, -0.2) is 13.1 Å². The summed E-state index contributed by atoms with van der Waals surface area (Å²) in [5.41, 5.74) is 2.66. The largest absolute Gasteiger partial charge is 0.326 e. The number of hydrogen-bond donors (Lipinski definition) is 1. The average molecular weight is 462 g/mol. The molecule has 31 heavy (non-hydrogen) atoms. The maximum atomic E-state index is 12.9. The Balaban J connectivity index is 1.46. The lowest BCUT2D eigenvalue weighted by Crippen LogP contribution is -2.35. The number of carbonyl (C=O) groups is 1. The summed E-state index contributed by atoms with van der Waals surface area (Å²) in [6, 6.07) is 10.2. The second-order valence-electron chi connectivity index (χ2n) is 7.64. The number of carbonyl (C=O) groups excluding carboxylic acids is 1. The Kier molecular flexibility index (Phi) is 6.27. The molecule has 164 valence electrons. The predicted molar refractivity (Wildman–Crippen MR) is 120 cm³/mol. The highest BCUT2D eigenvalue weighted by Gasteiger charge is 2.26. The molecule has 1 fully saturated rings. The van der Waals surface area contributed by atoms with Gasteiger partial charge < -0.3 is 5.32 Å². The molecule has 0 aliphatic carbocycles. The lowest BCUT2D eigenvalue weighted by atomic mass is 10.2. The lowest BCUT2D eigenvalue weighted by molar-refractivity contribution is -0.116. The van der Waals surface area contributed by atoms with Crippen LogP contribution in [0.2, 0.25) is 5.02 Å². The van der Waals surface area contributed by atoms with E-state index in [1.54, 1.807) is 41.1 Å². The second-order valence-corrected chi connectivity index (χ2v) is 9.98. The first-order valence-corrected chi connectivity index (χ1v) is 12.1. The number of halogens is 1. The molecule has 2 aromatic carbocycles. The monoisotopic (exact) mass is 461 g/mol. The van der Waals surface area contributed by atoms with Crippen LogP contribution in [0.3, 0.4) is 0 Å². The fraction of sp³-hybridized carbons (Fsp3) is 0.381. The summed E-state index contributed by atoms with van der Waals surface area (Å²) in [7, 11) is -3.53. The molecule has 0 saturated carbocycles. The first kappa shape index (κ1) is 21.7. The topological polar surface area (TPSA) is 97.2 Å². The predicted octanol–water partition coefficient (Wildman–Crippen LogP) is 3.60. The van der Waals surface area contributed by atoms with Gasteiger partial charge in [0.15, 0.2) is 0 Å². The molecule has 0 spiro atoms. The van der Waals surface area contributed by atoms with Crippen LogP contribution in [0, 0.1) is 6.92 Å². The Morgan fingerprint density at radius 3 is 2.71 bits per heavy atom. The normalized spacial score (nSPS) is 15.3. The van der Waals surface area contributed by atoms with E-state index in [9.17, 15) is 13.2 Å². The number of aromatic nitrogens is 3. The highest BCUT2D eigenvalue weighted by molar-refractivity contribution is 7.89. The zero-order valence-corrected chi connectivity index (χ0v) is 18.8. The molecule has 8 nitrogen and oxygen atoms in total. The van der Waals surface area contributed by atoms with Crippen LogP contribution in [-0.4, -0.2) is 46.7 Å². The standard InChI is InChI=1S/C21H24ClN5O3S/c1-15-17(22)6-5-7-18(15)23-21(28)10-13-27-20-9-8-16(14-19(20)24-25-27)31(29,30)26-11-3-2-4-12-26/h5-9,14H,2-4,10-13H2,1H3,(H,23,28). The van der Waals surface area contributed by atoms with Crippen LogP contribution >= 0.6 is 11.6 Å². The van der Waals surface area contributed by atoms with E-state index in [1.165, 1.54) is 4.31 Å². The van der Waals surface area contributed by atoms with Gasteiger partial charge in [-0.3, -0.25) is 4.79 Å². The van der Waals surface area contributed by atoms with E-state index in [2.05, 4.69) is 15.6 Å². The summed E-state index contributed by atoms with van der Waals surface area (Å²) in [5, 5.41) is 11.7. The van der Waals surface area contributed by atoms with Crippen molar-refractivity contribution >= 4 is 44.3 Å². The summed E-state index contributed by atoms with van der Waals surface area (Å²) < 4.78 is 28.9. The number of nitrogens with one attached hydrogen (secondary N) is 1. The van der Waals surface area contributed by atoms with Gasteiger partial charge in [-0.05, 0) is 55.7 Å². The second kappa shape index (κ2) is 8.94. The van der Waals surface area contributed by atoms with Gasteiger partial charge in [-0.1, -0.05) is 29.3 Å². The van der Waals surface area contributed by atoms with Crippen LogP contribution in [0.25, 0.3) is 11.0 Å². The van der Waals surface area contributed by atoms with Crippen molar-refractivity contribution in [2.45, 2.75) is 44.0 Å². The molecule has 1 N–H and O–H groups in total. The number of anilines is 1. The van der Waals surface area contributed by atoms with Crippen molar-refractivity contribution in [1.82, 2.24) is 19.3 Å². The van der Waals surface area contributed by atoms with Gasteiger partial charge in [0.1, 0.15) is 5.52 Å². The van der Waals surface area contributed by atoms with Crippen molar-refractivity contribution in [3.8, 4) is 0 Å². The van der Waals surface area contributed by atoms with Crippen molar-refractivity contribution in [2.75, 3.05) is 18.4 Å². The van der Waals surface area contributed by atoms with E-state index in [-0.39, 0.29) is 17.2 Å². The quantitative estimate of drug-likeness (QED) is 0.604. The SMILES string of the molecule is Cc1c(Cl)cccc1NC(=O)CCn1nnc2cc(S(=O)(=O)N3CCCCC3)ccc21. The van der Waals surface area contributed by atoms with Crippen LogP contribution in [0.15, 0.2) is 41.3 Å². The van der Waals surface area contributed by atoms with Gasteiger partial charge in [-0.15, -0.1) is 5.10 Å². The number of amides is 1. The van der Waals surface area contributed by atoms with Gasteiger partial charge in [0.2, 0.25) is 15.9 Å². The third-order valence-corrected chi connectivity index (χ3v) is 7.83. The lowest BCUT2D eigenvalue weighted by Gasteiger charge is -2.25. The number of benzene rings is 2. The third kappa shape index (κ3) is 4.58. The molecular formula is C21H24ClN5O3S. The van der Waals surface area contributed by atoms with Gasteiger partial charge in [0, 0.05) is 30.2 Å². The Hall–Kier alpha value is -2.49. The van der Waals surface area contributed by atoms with Crippen LogP contribution in [0.5, 0.6) is 0 Å². The molecule has 0 unspecified atom stereocenters. The molecule has 1 amide bonds. The van der Waals surface area contributed by atoms with E-state index < -0.39 is 10.0 Å². The molecule has 0 atom stereocenters. The van der Waals surface area contributed by atoms with Gasteiger partial charge in [0.25, 0.3) is 0 Å². The van der Waals surface area contributed by atoms with E-state index in [4.69, 9.17) is 11.6 Å². The number of fused-ring (bicyclic) bond motifs is 1. The van der Waals surface area contributed by atoms with Gasteiger partial charge in [-0.2, -0.15) is 4.31 Å². The molecular weight excluding hydrogens is 438 g/mol. The van der Waals surface area contributed by atoms with E-state index in [0.29, 0.717) is 41.4 Å². The Morgan fingerprint density at radius 1 is 1.16 bits per heavy atom. The summed E-state index contributed by atoms with van der Waals surface area (Å²) in [6.45, 7) is 3.26. The average Bonchev–Trinajstić information content (AvgIpc) is 3.18. The molecule has 1 aliphatic rings. The van der Waals surface area contributed by atoms with Crippen molar-refractivity contribution in [3.05, 3.63) is 47.0 Å². The van der Waals surface area contributed by atoms with Crippen molar-refractivity contribution in [2.24, 2.45) is 0 Å². The summed E-state index contributed by atoms with van der Waals surface area (Å²) in [6.07, 6.45) is 3.02. The van der Waals surface area contributed by atoms with Crippen LogP contribution < -0.4 is 5.32 Å². The maximum Gasteiger partial charge on any atom is 0.243 e. The zero-order valence-electron chi connectivity index (χ0n) is 17.2. The van der Waals surface area contributed by atoms with E-state index >= 15 is 0 Å². The molecule has 0 radical (unpaired) electrons. The molecule has 3 aromatic rings. The molecule has 2 heterocycles. The van der Waals surface area contributed by atoms with Crippen molar-refractivity contribution in [1.29, 1.82) is 0 Å². The Bertz CT molecular complexity index is 1220. The van der Waals surface area contributed by atoms with Gasteiger partial charge >= 0.3 is 0 Å². The van der Waals surface area contributed by atoms with Crippen molar-refractivity contribution < 1.29 is 13.2 Å². The zero-order chi connectivity index (χ0) is 22.0. The Morgan fingerprint density at radius 2 is 1.94 bits per heavy atom. The first-order chi connectivity index (χ1) is 14.9. The minimum absolute atomic E-state index is 0.168. The number of piperidine rings is 1. The fourth-order valence-corrected chi connectivity index (χ4v) is 5.41. The van der Waals surface area contributed by atoms with Gasteiger partial charge in [0.05, 0.1) is 17.0 Å². The number of nitrogens with zero attached hydrogens (tertiary/aromatic N) is 4. The molecule has 1 aromatic heterocycles. The first-order valence-electron chi connectivity index (χ1n) is 10.2. The smallest absolute Gasteiger partial charge is 0.243 e. The Labute approximate surface area is 186 Å². The summed E-state index contributed by atoms with van der Waals surface area (Å²) in [4.78, 5) is 12.6. The van der Waals surface area contributed by atoms with E-state index in [1.807, 2.05) is 6.92 Å². The molecule has 1 aliphatic heterocycles. The minimum Gasteiger partial charge on any atom is -0.326 e. The fourth-order valence-electron chi connectivity index (χ4n) is 3.69. The van der Waals surface area contributed by atoms with Crippen LogP contribution in [-0.2, 0) is 21.4 Å². The number of rotatable bonds is 6. The number of sulfonamides is 1. The third-order valence-electron chi connectivity index (χ3n) is 5.53. The molecule has 10 heteroatoms. The molecule has 4 rings (SSSR count). The van der Waals surface area contributed by atoms with Crippen LogP contribution in [0.4, 0.5) is 5.69 Å². The molecule has 1 saturated heterocycles. The summed E-state index contributed by atoms with van der Waals surface area (Å²) in [5.74, 6) is -0.168.